The number of nitrogens with zero attached hydrogens (tertiary/aromatic N) is 5. The highest BCUT2D eigenvalue weighted by molar-refractivity contribution is 6.04. The Kier molecular flexibility index (Phi) is 6.10. The number of rotatable bonds is 5. The molecular weight excluding hydrogens is 485 g/mol. The van der Waals surface area contributed by atoms with Crippen LogP contribution >= 0.6 is 0 Å². The van der Waals surface area contributed by atoms with E-state index in [1.165, 1.54) is 24.5 Å². The molecule has 0 saturated heterocycles. The zero-order valence-electron chi connectivity index (χ0n) is 18.9. The van der Waals surface area contributed by atoms with Gasteiger partial charge in [-0.3, -0.25) is 9.78 Å². The average molecular weight is 502 g/mol. The maximum atomic E-state index is 13.7. The van der Waals surface area contributed by atoms with E-state index in [1.54, 1.807) is 60.7 Å². The number of pyridine rings is 1. The van der Waals surface area contributed by atoms with Crippen molar-refractivity contribution in [1.82, 2.24) is 25.0 Å². The van der Waals surface area contributed by atoms with Gasteiger partial charge in [-0.2, -0.15) is 18.3 Å². The molecule has 0 aliphatic carbocycles. The molecular formula is C26H17F3N6O2. The lowest BCUT2D eigenvalue weighted by Crippen LogP contribution is -2.16. The molecule has 11 heteroatoms. The van der Waals surface area contributed by atoms with Crippen molar-refractivity contribution >= 4 is 11.7 Å². The number of benzene rings is 2. The second kappa shape index (κ2) is 9.53. The standard InChI is InChI=1S/C26H17F3N6O2/c27-26(28,29)22-14-21(19-7-3-11-30-15-19)34-35(22)24-10-9-23(32-33-24)31-25(37)18-6-1-4-16(12-18)17-5-2-8-20(36)13-17/h1-15,36H,(H,31,32,37). The Morgan fingerprint density at radius 3 is 2.30 bits per heavy atom. The number of phenolic OH excluding ortho intramolecular Hbond substituents is 1. The third-order valence-electron chi connectivity index (χ3n) is 5.37. The van der Waals surface area contributed by atoms with E-state index < -0.39 is 17.8 Å². The highest BCUT2D eigenvalue weighted by Gasteiger charge is 2.37. The van der Waals surface area contributed by atoms with Gasteiger partial charge >= 0.3 is 6.18 Å². The minimum atomic E-state index is -4.69. The smallest absolute Gasteiger partial charge is 0.433 e. The quantitative estimate of drug-likeness (QED) is 0.335. The number of aromatic hydroxyl groups is 1. The third kappa shape index (κ3) is 5.15. The molecule has 8 nitrogen and oxygen atoms in total. The van der Waals surface area contributed by atoms with Crippen molar-refractivity contribution in [1.29, 1.82) is 0 Å². The van der Waals surface area contributed by atoms with Crippen LogP contribution in [0.25, 0.3) is 28.2 Å². The van der Waals surface area contributed by atoms with Gasteiger partial charge in [-0.25, -0.2) is 4.68 Å². The van der Waals surface area contributed by atoms with Crippen LogP contribution in [0.2, 0.25) is 0 Å². The summed E-state index contributed by atoms with van der Waals surface area (Å²) in [6.07, 6.45) is -1.78. The number of nitrogens with one attached hydrogen (secondary N) is 1. The molecule has 0 radical (unpaired) electrons. The molecule has 0 fully saturated rings. The molecule has 0 spiro atoms. The van der Waals surface area contributed by atoms with Crippen LogP contribution in [0.15, 0.2) is 91.3 Å². The summed E-state index contributed by atoms with van der Waals surface area (Å²) in [4.78, 5) is 16.7. The maximum absolute atomic E-state index is 13.7. The van der Waals surface area contributed by atoms with Gasteiger partial charge in [0.1, 0.15) is 5.75 Å². The minimum Gasteiger partial charge on any atom is -0.508 e. The SMILES string of the molecule is O=C(Nc1ccc(-n2nc(-c3cccnc3)cc2C(F)(F)F)nn1)c1cccc(-c2cccc(O)c2)c1. The van der Waals surface area contributed by atoms with Crippen molar-refractivity contribution in [3.8, 4) is 34.0 Å². The largest absolute Gasteiger partial charge is 0.508 e. The van der Waals surface area contributed by atoms with Crippen molar-refractivity contribution in [3.05, 3.63) is 103 Å². The predicted molar refractivity (Wildman–Crippen MR) is 129 cm³/mol. The summed E-state index contributed by atoms with van der Waals surface area (Å²) in [7, 11) is 0. The van der Waals surface area contributed by atoms with Gasteiger partial charge in [0.2, 0.25) is 0 Å². The van der Waals surface area contributed by atoms with E-state index in [1.807, 2.05) is 0 Å². The Morgan fingerprint density at radius 2 is 1.62 bits per heavy atom. The molecule has 0 aliphatic heterocycles. The van der Waals surface area contributed by atoms with Crippen LogP contribution in [0.5, 0.6) is 5.75 Å². The molecule has 184 valence electrons. The van der Waals surface area contributed by atoms with Gasteiger partial charge in [-0.1, -0.05) is 24.3 Å². The minimum absolute atomic E-state index is 0.0460. The number of phenols is 1. The Balaban J connectivity index is 1.38. The molecule has 2 aromatic carbocycles. The molecule has 2 N–H and O–H groups in total. The van der Waals surface area contributed by atoms with Crippen molar-refractivity contribution in [2.24, 2.45) is 0 Å². The van der Waals surface area contributed by atoms with E-state index in [9.17, 15) is 23.1 Å². The zero-order chi connectivity index (χ0) is 26.0. The number of hydrogen-bond donors (Lipinski definition) is 2. The first kappa shape index (κ1) is 23.7. The van der Waals surface area contributed by atoms with E-state index in [0.717, 1.165) is 11.6 Å². The van der Waals surface area contributed by atoms with Crippen molar-refractivity contribution in [2.45, 2.75) is 6.18 Å². The van der Waals surface area contributed by atoms with Crippen LogP contribution in [-0.4, -0.2) is 36.0 Å². The molecule has 5 rings (SSSR count). The number of amides is 1. The summed E-state index contributed by atoms with van der Waals surface area (Å²) in [5, 5.41) is 24.0. The first-order chi connectivity index (χ1) is 17.8. The molecule has 1 amide bonds. The van der Waals surface area contributed by atoms with E-state index in [4.69, 9.17) is 0 Å². The van der Waals surface area contributed by atoms with Gasteiger partial charge in [0.25, 0.3) is 5.91 Å². The Bertz CT molecular complexity index is 1570. The van der Waals surface area contributed by atoms with Gasteiger partial charge in [-0.15, -0.1) is 10.2 Å². The molecule has 0 aliphatic rings. The molecule has 0 atom stereocenters. The maximum Gasteiger partial charge on any atom is 0.433 e. The second-order valence-corrected chi connectivity index (χ2v) is 7.93. The van der Waals surface area contributed by atoms with Crippen LogP contribution in [0, 0.1) is 0 Å². The van der Waals surface area contributed by atoms with Gasteiger partial charge < -0.3 is 10.4 Å². The summed E-state index contributed by atoms with van der Waals surface area (Å²) in [5.74, 6) is -0.518. The number of aromatic nitrogens is 5. The van der Waals surface area contributed by atoms with Crippen LogP contribution in [-0.2, 0) is 6.18 Å². The van der Waals surface area contributed by atoms with Gasteiger partial charge in [0.15, 0.2) is 17.3 Å². The number of alkyl halides is 3. The summed E-state index contributed by atoms with van der Waals surface area (Å²) in [6, 6.07) is 20.1. The summed E-state index contributed by atoms with van der Waals surface area (Å²) in [6.45, 7) is 0. The predicted octanol–water partition coefficient (Wildman–Crippen LogP) is 5.37. The topological polar surface area (TPSA) is 106 Å². The lowest BCUT2D eigenvalue weighted by atomic mass is 10.0. The number of anilines is 1. The normalized spacial score (nSPS) is 11.3. The van der Waals surface area contributed by atoms with Gasteiger partial charge in [-0.05, 0) is 65.7 Å². The fourth-order valence-corrected chi connectivity index (χ4v) is 3.63. The molecule has 0 unspecified atom stereocenters. The third-order valence-corrected chi connectivity index (χ3v) is 5.37. The number of hydrogen-bond acceptors (Lipinski definition) is 6. The fraction of sp³-hybridized carbons (Fsp3) is 0.0385. The lowest BCUT2D eigenvalue weighted by Gasteiger charge is -2.10. The van der Waals surface area contributed by atoms with E-state index in [2.05, 4.69) is 25.6 Å². The van der Waals surface area contributed by atoms with Crippen molar-refractivity contribution in [2.75, 3.05) is 5.32 Å². The molecule has 0 bridgehead atoms. The first-order valence-electron chi connectivity index (χ1n) is 10.9. The number of halogens is 3. The average Bonchev–Trinajstić information content (AvgIpc) is 3.36. The second-order valence-electron chi connectivity index (χ2n) is 7.93. The monoisotopic (exact) mass is 502 g/mol. The highest BCUT2D eigenvalue weighted by Crippen LogP contribution is 2.33. The number of carbonyl (C=O) groups is 1. The lowest BCUT2D eigenvalue weighted by molar-refractivity contribution is -0.142. The van der Waals surface area contributed by atoms with Crippen LogP contribution in [0.1, 0.15) is 16.1 Å². The summed E-state index contributed by atoms with van der Waals surface area (Å²) in [5.41, 5.74) is 1.22. The highest BCUT2D eigenvalue weighted by atomic mass is 19.4. The first-order valence-corrected chi connectivity index (χ1v) is 10.9. The molecule has 37 heavy (non-hydrogen) atoms. The van der Waals surface area contributed by atoms with E-state index in [0.29, 0.717) is 21.4 Å². The van der Waals surface area contributed by atoms with Crippen LogP contribution in [0.3, 0.4) is 0 Å². The molecule has 0 saturated carbocycles. The van der Waals surface area contributed by atoms with Gasteiger partial charge in [0.05, 0.1) is 5.69 Å². The molecule has 5 aromatic rings. The van der Waals surface area contributed by atoms with Gasteiger partial charge in [0, 0.05) is 23.5 Å². The summed E-state index contributed by atoms with van der Waals surface area (Å²) >= 11 is 0. The van der Waals surface area contributed by atoms with Crippen LogP contribution < -0.4 is 5.32 Å². The Labute approximate surface area is 208 Å². The Morgan fingerprint density at radius 1 is 0.865 bits per heavy atom. The zero-order valence-corrected chi connectivity index (χ0v) is 18.9. The molecule has 3 heterocycles. The van der Waals surface area contributed by atoms with Crippen LogP contribution in [0.4, 0.5) is 19.0 Å². The number of carbonyl (C=O) groups excluding carboxylic acids is 1. The van der Waals surface area contributed by atoms with Crippen molar-refractivity contribution in [3.63, 3.8) is 0 Å². The summed E-state index contributed by atoms with van der Waals surface area (Å²) < 4.78 is 41.7. The fourth-order valence-electron chi connectivity index (χ4n) is 3.63. The molecule has 3 aromatic heterocycles. The Hall–Kier alpha value is -5.06. The van der Waals surface area contributed by atoms with E-state index >= 15 is 0 Å². The van der Waals surface area contributed by atoms with Crippen molar-refractivity contribution < 1.29 is 23.1 Å². The van der Waals surface area contributed by atoms with E-state index in [-0.39, 0.29) is 23.1 Å².